The zero-order valence-electron chi connectivity index (χ0n) is 22.2. The predicted octanol–water partition coefficient (Wildman–Crippen LogP) is 4.67. The van der Waals surface area contributed by atoms with Gasteiger partial charge in [0.05, 0.1) is 19.7 Å². The maximum Gasteiger partial charge on any atom is 0.249 e. The summed E-state index contributed by atoms with van der Waals surface area (Å²) >= 11 is 0. The van der Waals surface area contributed by atoms with Crippen LogP contribution in [-0.4, -0.2) is 47.1 Å². The van der Waals surface area contributed by atoms with Crippen LogP contribution in [0.25, 0.3) is 11.0 Å². The number of nitrogens with one attached hydrogen (secondary N) is 1. The number of hydrogen-bond donors (Lipinski definition) is 1. The van der Waals surface area contributed by atoms with E-state index in [1.54, 1.807) is 37.1 Å². The highest BCUT2D eigenvalue weighted by molar-refractivity contribution is 6.02. The van der Waals surface area contributed by atoms with Crippen molar-refractivity contribution in [1.29, 1.82) is 0 Å². The first-order chi connectivity index (χ1) is 19.1. The number of nitrogens with zero attached hydrogens (tertiary/aromatic N) is 4. The fourth-order valence-corrected chi connectivity index (χ4v) is 5.24. The Kier molecular flexibility index (Phi) is 8.05. The molecule has 0 radical (unpaired) electrons. The maximum absolute atomic E-state index is 14.2. The fraction of sp³-hybridized carbons (Fsp3) is 0.333. The van der Waals surface area contributed by atoms with Crippen molar-refractivity contribution in [3.63, 3.8) is 0 Å². The van der Waals surface area contributed by atoms with Crippen molar-refractivity contribution in [3.8, 4) is 11.5 Å². The molecule has 0 aliphatic heterocycles. The average molecular weight is 528 g/mol. The molecule has 1 heterocycles. The SMILES string of the molecule is COc1ccc(OC)c([C@H](C(=O)NC2CCCCC2)N(C(=O)Cn2nnc3ccccc32)c2ccccc2)c1. The predicted molar refractivity (Wildman–Crippen MR) is 149 cm³/mol. The summed E-state index contributed by atoms with van der Waals surface area (Å²) in [7, 11) is 3.12. The van der Waals surface area contributed by atoms with Crippen LogP contribution >= 0.6 is 0 Å². The summed E-state index contributed by atoms with van der Waals surface area (Å²) in [5, 5.41) is 11.6. The van der Waals surface area contributed by atoms with E-state index in [9.17, 15) is 9.59 Å². The van der Waals surface area contributed by atoms with Crippen LogP contribution in [0, 0.1) is 0 Å². The molecule has 9 nitrogen and oxygen atoms in total. The molecule has 0 saturated heterocycles. The normalized spacial score (nSPS) is 14.5. The van der Waals surface area contributed by atoms with Crippen molar-refractivity contribution in [2.24, 2.45) is 0 Å². The molecule has 1 saturated carbocycles. The van der Waals surface area contributed by atoms with Gasteiger partial charge in [0, 0.05) is 17.3 Å². The number of amides is 2. The second kappa shape index (κ2) is 12.0. The smallest absolute Gasteiger partial charge is 0.249 e. The molecule has 2 amide bonds. The summed E-state index contributed by atoms with van der Waals surface area (Å²) in [5.74, 6) is 0.461. The lowest BCUT2D eigenvalue weighted by molar-refractivity contribution is -0.127. The molecule has 3 aromatic carbocycles. The number of carbonyl (C=O) groups is 2. The van der Waals surface area contributed by atoms with Gasteiger partial charge in [-0.3, -0.25) is 14.5 Å². The third kappa shape index (κ3) is 5.72. The average Bonchev–Trinajstić information content (AvgIpc) is 3.38. The number of hydrogen-bond acceptors (Lipinski definition) is 6. The second-order valence-corrected chi connectivity index (χ2v) is 9.69. The molecule has 0 bridgehead atoms. The minimum Gasteiger partial charge on any atom is -0.497 e. The summed E-state index contributed by atoms with van der Waals surface area (Å²) in [4.78, 5) is 29.9. The highest BCUT2D eigenvalue weighted by Gasteiger charge is 2.36. The van der Waals surface area contributed by atoms with Gasteiger partial charge in [-0.25, -0.2) is 4.68 Å². The lowest BCUT2D eigenvalue weighted by Crippen LogP contribution is -2.48. The first-order valence-corrected chi connectivity index (χ1v) is 13.3. The van der Waals surface area contributed by atoms with Gasteiger partial charge in [0.2, 0.25) is 11.8 Å². The van der Waals surface area contributed by atoms with E-state index in [-0.39, 0.29) is 24.4 Å². The van der Waals surface area contributed by atoms with E-state index in [1.165, 1.54) is 11.3 Å². The summed E-state index contributed by atoms with van der Waals surface area (Å²) in [5.41, 5.74) is 2.55. The van der Waals surface area contributed by atoms with Crippen LogP contribution in [-0.2, 0) is 16.1 Å². The number of benzene rings is 3. The van der Waals surface area contributed by atoms with Gasteiger partial charge in [-0.05, 0) is 55.3 Å². The lowest BCUT2D eigenvalue weighted by Gasteiger charge is -2.34. The van der Waals surface area contributed by atoms with Crippen molar-refractivity contribution in [2.45, 2.75) is 50.7 Å². The van der Waals surface area contributed by atoms with Crippen LogP contribution in [0.3, 0.4) is 0 Å². The summed E-state index contributed by atoms with van der Waals surface area (Å²) in [6.07, 6.45) is 5.13. The van der Waals surface area contributed by atoms with Crippen LogP contribution in [0.4, 0.5) is 5.69 Å². The van der Waals surface area contributed by atoms with E-state index in [1.807, 2.05) is 54.6 Å². The van der Waals surface area contributed by atoms with E-state index in [0.717, 1.165) is 31.2 Å². The Balaban J connectivity index is 1.60. The van der Waals surface area contributed by atoms with Crippen LogP contribution in [0.5, 0.6) is 11.5 Å². The Bertz CT molecular complexity index is 1430. The number of para-hydroxylation sites is 2. The molecule has 9 heteroatoms. The molecule has 202 valence electrons. The van der Waals surface area contributed by atoms with E-state index in [0.29, 0.717) is 28.3 Å². The van der Waals surface area contributed by atoms with Crippen LogP contribution in [0.1, 0.15) is 43.7 Å². The molecular formula is C30H33N5O4. The molecule has 1 fully saturated rings. The van der Waals surface area contributed by atoms with Gasteiger partial charge in [0.15, 0.2) is 0 Å². The monoisotopic (exact) mass is 527 g/mol. The molecule has 1 atom stereocenters. The van der Waals surface area contributed by atoms with Crippen LogP contribution in [0.15, 0.2) is 72.8 Å². The van der Waals surface area contributed by atoms with Gasteiger partial charge in [-0.15, -0.1) is 5.10 Å². The maximum atomic E-state index is 14.2. The van der Waals surface area contributed by atoms with E-state index < -0.39 is 6.04 Å². The van der Waals surface area contributed by atoms with E-state index in [4.69, 9.17) is 9.47 Å². The summed E-state index contributed by atoms with van der Waals surface area (Å²) in [6, 6.07) is 21.0. The van der Waals surface area contributed by atoms with Crippen molar-refractivity contribution in [2.75, 3.05) is 19.1 Å². The van der Waals surface area contributed by atoms with Gasteiger partial charge in [-0.2, -0.15) is 0 Å². The number of aromatic nitrogens is 3. The zero-order chi connectivity index (χ0) is 27.2. The van der Waals surface area contributed by atoms with Crippen molar-refractivity contribution in [1.82, 2.24) is 20.3 Å². The molecule has 1 aromatic heterocycles. The first kappa shape index (κ1) is 26.2. The number of fused-ring (bicyclic) bond motifs is 1. The van der Waals surface area contributed by atoms with E-state index in [2.05, 4.69) is 15.6 Å². The summed E-state index contributed by atoms with van der Waals surface area (Å²) < 4.78 is 12.8. The van der Waals surface area contributed by atoms with Gasteiger partial charge >= 0.3 is 0 Å². The quantitative estimate of drug-likeness (QED) is 0.340. The molecule has 1 aliphatic rings. The standard InChI is InChI=1S/C30H33N5O4/c1-38-23-17-18-27(39-2)24(19-23)29(30(37)31-21-11-5-3-6-12-21)35(22-13-7-4-8-14-22)28(36)20-34-26-16-10-9-15-25(26)32-33-34/h4,7-10,13-19,21,29H,3,5-6,11-12,20H2,1-2H3,(H,31,37)/t29-/m1/s1. The molecule has 5 rings (SSSR count). The topological polar surface area (TPSA) is 98.6 Å². The molecule has 1 aliphatic carbocycles. The molecule has 0 spiro atoms. The Labute approximate surface area is 227 Å². The Morgan fingerprint density at radius 3 is 2.46 bits per heavy atom. The lowest BCUT2D eigenvalue weighted by atomic mass is 9.94. The highest BCUT2D eigenvalue weighted by Crippen LogP contribution is 2.36. The Hall–Kier alpha value is -4.40. The molecule has 1 N–H and O–H groups in total. The minimum atomic E-state index is -1.01. The summed E-state index contributed by atoms with van der Waals surface area (Å²) in [6.45, 7) is -0.102. The number of carbonyl (C=O) groups excluding carboxylic acids is 2. The molecule has 4 aromatic rings. The molecule has 39 heavy (non-hydrogen) atoms. The van der Waals surface area contributed by atoms with Crippen LogP contribution in [0.2, 0.25) is 0 Å². The van der Waals surface area contributed by atoms with Crippen LogP contribution < -0.4 is 19.7 Å². The second-order valence-electron chi connectivity index (χ2n) is 9.69. The number of methoxy groups -OCH3 is 2. The number of anilines is 1. The van der Waals surface area contributed by atoms with Gasteiger partial charge in [0.1, 0.15) is 29.6 Å². The fourth-order valence-electron chi connectivity index (χ4n) is 5.24. The number of rotatable bonds is 9. The van der Waals surface area contributed by atoms with E-state index >= 15 is 0 Å². The van der Waals surface area contributed by atoms with Gasteiger partial charge in [0.25, 0.3) is 0 Å². The number of ether oxygens (including phenoxy) is 2. The first-order valence-electron chi connectivity index (χ1n) is 13.3. The van der Waals surface area contributed by atoms with Crippen molar-refractivity contribution < 1.29 is 19.1 Å². The molecular weight excluding hydrogens is 494 g/mol. The third-order valence-corrected chi connectivity index (χ3v) is 7.20. The van der Waals surface area contributed by atoms with Crippen molar-refractivity contribution >= 4 is 28.5 Å². The highest BCUT2D eigenvalue weighted by atomic mass is 16.5. The van der Waals surface area contributed by atoms with Gasteiger partial charge < -0.3 is 14.8 Å². The third-order valence-electron chi connectivity index (χ3n) is 7.20. The largest absolute Gasteiger partial charge is 0.497 e. The molecule has 0 unspecified atom stereocenters. The Morgan fingerprint density at radius 2 is 1.72 bits per heavy atom. The van der Waals surface area contributed by atoms with Crippen molar-refractivity contribution in [3.05, 3.63) is 78.4 Å². The van der Waals surface area contributed by atoms with Gasteiger partial charge in [-0.1, -0.05) is 54.8 Å². The zero-order valence-corrected chi connectivity index (χ0v) is 22.2. The minimum absolute atomic E-state index is 0.0531. The Morgan fingerprint density at radius 1 is 0.974 bits per heavy atom.